The molecular formula is C26H28Cl2N2O4S. The average molecular weight is 535 g/mol. The number of thioether (sulfide) groups is 1. The SMILES string of the molecule is COC(=O)C(C)NC(=O)C1CCN(C(=O)/C=C/c2ccc(SCc3ccccc3)c(Cl)c2Cl)CC1. The second-order valence-electron chi connectivity index (χ2n) is 8.24. The molecule has 1 aliphatic heterocycles. The normalized spacial score (nSPS) is 15.1. The number of esters is 1. The second kappa shape index (κ2) is 13.0. The van der Waals surface area contributed by atoms with Gasteiger partial charge in [0.1, 0.15) is 6.04 Å². The molecule has 1 N–H and O–H groups in total. The van der Waals surface area contributed by atoms with Crippen LogP contribution < -0.4 is 5.32 Å². The molecular weight excluding hydrogens is 507 g/mol. The molecule has 1 atom stereocenters. The van der Waals surface area contributed by atoms with Crippen LogP contribution in [0.15, 0.2) is 53.4 Å². The largest absolute Gasteiger partial charge is 0.467 e. The third kappa shape index (κ3) is 7.50. The van der Waals surface area contributed by atoms with Gasteiger partial charge in [-0.25, -0.2) is 4.79 Å². The predicted molar refractivity (Wildman–Crippen MR) is 140 cm³/mol. The van der Waals surface area contributed by atoms with E-state index in [-0.39, 0.29) is 17.7 Å². The topological polar surface area (TPSA) is 75.7 Å². The van der Waals surface area contributed by atoms with Crippen molar-refractivity contribution in [1.82, 2.24) is 10.2 Å². The number of benzene rings is 2. The Morgan fingerprint density at radius 2 is 1.80 bits per heavy atom. The molecule has 9 heteroatoms. The Morgan fingerprint density at radius 3 is 2.46 bits per heavy atom. The van der Waals surface area contributed by atoms with Crippen molar-refractivity contribution in [2.75, 3.05) is 20.2 Å². The van der Waals surface area contributed by atoms with Gasteiger partial charge in [-0.15, -0.1) is 11.8 Å². The highest BCUT2D eigenvalue weighted by molar-refractivity contribution is 7.98. The second-order valence-corrected chi connectivity index (χ2v) is 10.0. The van der Waals surface area contributed by atoms with Gasteiger partial charge >= 0.3 is 5.97 Å². The number of halogens is 2. The summed E-state index contributed by atoms with van der Waals surface area (Å²) in [7, 11) is 1.28. The summed E-state index contributed by atoms with van der Waals surface area (Å²) in [5.74, 6) is -0.305. The lowest BCUT2D eigenvalue weighted by atomic mass is 9.95. The van der Waals surface area contributed by atoms with Crippen LogP contribution in [0.5, 0.6) is 0 Å². The summed E-state index contributed by atoms with van der Waals surface area (Å²) >= 11 is 14.6. The van der Waals surface area contributed by atoms with Crippen molar-refractivity contribution in [3.8, 4) is 0 Å². The van der Waals surface area contributed by atoms with Crippen molar-refractivity contribution in [3.63, 3.8) is 0 Å². The Labute approximate surface area is 220 Å². The molecule has 186 valence electrons. The van der Waals surface area contributed by atoms with E-state index in [9.17, 15) is 14.4 Å². The standard InChI is InChI=1S/C26H28Cl2N2O4S/c1-17(26(33)34-2)29-25(32)20-12-14-30(15-13-20)22(31)11-9-19-8-10-21(24(28)23(19)27)35-16-18-6-4-3-5-7-18/h3-11,17,20H,12-16H2,1-2H3,(H,29,32)/b11-9+. The van der Waals surface area contributed by atoms with Gasteiger partial charge < -0.3 is 15.0 Å². The van der Waals surface area contributed by atoms with Crippen LogP contribution in [0.1, 0.15) is 30.9 Å². The van der Waals surface area contributed by atoms with Gasteiger partial charge in [0.05, 0.1) is 17.2 Å². The predicted octanol–water partition coefficient (Wildman–Crippen LogP) is 5.22. The zero-order valence-corrected chi connectivity index (χ0v) is 22.0. The van der Waals surface area contributed by atoms with E-state index in [0.717, 1.165) is 10.6 Å². The van der Waals surface area contributed by atoms with E-state index in [0.29, 0.717) is 41.5 Å². The summed E-state index contributed by atoms with van der Waals surface area (Å²) in [6.07, 6.45) is 4.20. The molecule has 0 saturated carbocycles. The number of hydrogen-bond donors (Lipinski definition) is 1. The zero-order valence-electron chi connectivity index (χ0n) is 19.6. The lowest BCUT2D eigenvalue weighted by Gasteiger charge is -2.31. The maximum absolute atomic E-state index is 12.7. The first-order valence-corrected chi connectivity index (χ1v) is 13.0. The van der Waals surface area contributed by atoms with Gasteiger partial charge in [0.25, 0.3) is 0 Å². The van der Waals surface area contributed by atoms with Crippen molar-refractivity contribution in [2.45, 2.75) is 36.5 Å². The third-order valence-corrected chi connectivity index (χ3v) is 7.95. The number of carbonyl (C=O) groups is 3. The van der Waals surface area contributed by atoms with Crippen molar-refractivity contribution >= 4 is 58.8 Å². The van der Waals surface area contributed by atoms with Crippen LogP contribution in [0.3, 0.4) is 0 Å². The molecule has 0 radical (unpaired) electrons. The van der Waals surface area contributed by atoms with E-state index in [2.05, 4.69) is 22.2 Å². The van der Waals surface area contributed by atoms with E-state index < -0.39 is 12.0 Å². The summed E-state index contributed by atoms with van der Waals surface area (Å²) in [5, 5.41) is 3.54. The molecule has 3 rings (SSSR count). The Kier molecular flexibility index (Phi) is 10.1. The van der Waals surface area contributed by atoms with E-state index in [1.54, 1.807) is 29.7 Å². The molecule has 6 nitrogen and oxygen atoms in total. The average Bonchev–Trinajstić information content (AvgIpc) is 2.88. The summed E-state index contributed by atoms with van der Waals surface area (Å²) in [5.41, 5.74) is 1.86. The summed E-state index contributed by atoms with van der Waals surface area (Å²) < 4.78 is 4.63. The van der Waals surface area contributed by atoms with Crippen LogP contribution in [-0.2, 0) is 24.9 Å². The minimum Gasteiger partial charge on any atom is -0.467 e. The molecule has 1 heterocycles. The number of methoxy groups -OCH3 is 1. The molecule has 1 saturated heterocycles. The Bertz CT molecular complexity index is 1090. The fourth-order valence-corrected chi connectivity index (χ4v) is 5.24. The van der Waals surface area contributed by atoms with E-state index in [4.69, 9.17) is 23.2 Å². The van der Waals surface area contributed by atoms with E-state index >= 15 is 0 Å². The molecule has 0 aliphatic carbocycles. The number of nitrogens with one attached hydrogen (secondary N) is 1. The van der Waals surface area contributed by atoms with Gasteiger partial charge in [0.2, 0.25) is 11.8 Å². The van der Waals surface area contributed by atoms with Gasteiger partial charge in [0.15, 0.2) is 0 Å². The number of ether oxygens (including phenoxy) is 1. The number of amides is 2. The molecule has 0 bridgehead atoms. The molecule has 1 aliphatic rings. The lowest BCUT2D eigenvalue weighted by molar-refractivity contribution is -0.145. The maximum atomic E-state index is 12.7. The molecule has 2 aromatic rings. The van der Waals surface area contributed by atoms with Gasteiger partial charge in [-0.1, -0.05) is 59.6 Å². The number of rotatable bonds is 8. The number of nitrogens with zero attached hydrogens (tertiary/aromatic N) is 1. The highest BCUT2D eigenvalue weighted by Crippen LogP contribution is 2.37. The van der Waals surface area contributed by atoms with E-state index in [1.165, 1.54) is 18.7 Å². The summed E-state index contributed by atoms with van der Waals surface area (Å²) in [6.45, 7) is 2.49. The minimum absolute atomic E-state index is 0.151. The Morgan fingerprint density at radius 1 is 1.11 bits per heavy atom. The van der Waals surface area contributed by atoms with Crippen molar-refractivity contribution in [3.05, 3.63) is 69.7 Å². The van der Waals surface area contributed by atoms with Crippen molar-refractivity contribution < 1.29 is 19.1 Å². The molecule has 0 aromatic heterocycles. The first kappa shape index (κ1) is 27.1. The van der Waals surface area contributed by atoms with Crippen LogP contribution in [0.2, 0.25) is 10.0 Å². The lowest BCUT2D eigenvalue weighted by Crippen LogP contribution is -2.46. The summed E-state index contributed by atoms with van der Waals surface area (Å²) in [6, 6.07) is 13.2. The number of likely N-dealkylation sites (tertiary alicyclic amines) is 1. The molecule has 35 heavy (non-hydrogen) atoms. The van der Waals surface area contributed by atoms with Crippen molar-refractivity contribution in [2.24, 2.45) is 5.92 Å². The molecule has 2 aromatic carbocycles. The zero-order chi connectivity index (χ0) is 25.4. The Hall–Kier alpha value is -2.48. The minimum atomic E-state index is -0.699. The summed E-state index contributed by atoms with van der Waals surface area (Å²) in [4.78, 5) is 39.1. The quantitative estimate of drug-likeness (QED) is 0.285. The molecule has 2 amide bonds. The van der Waals surface area contributed by atoms with Crippen LogP contribution in [0.4, 0.5) is 0 Å². The first-order chi connectivity index (χ1) is 16.8. The van der Waals surface area contributed by atoms with E-state index in [1.807, 2.05) is 30.3 Å². The van der Waals surface area contributed by atoms with Crippen LogP contribution >= 0.6 is 35.0 Å². The fraction of sp³-hybridized carbons (Fsp3) is 0.346. The first-order valence-electron chi connectivity index (χ1n) is 11.3. The van der Waals surface area contributed by atoms with Crippen LogP contribution in [0, 0.1) is 5.92 Å². The van der Waals surface area contributed by atoms with Gasteiger partial charge in [0, 0.05) is 35.7 Å². The smallest absolute Gasteiger partial charge is 0.328 e. The molecule has 1 fully saturated rings. The monoisotopic (exact) mass is 534 g/mol. The van der Waals surface area contributed by atoms with Crippen LogP contribution in [-0.4, -0.2) is 48.9 Å². The Balaban J connectivity index is 1.53. The number of carbonyl (C=O) groups excluding carboxylic acids is 3. The third-order valence-electron chi connectivity index (χ3n) is 5.81. The van der Waals surface area contributed by atoms with Gasteiger partial charge in [-0.05, 0) is 43.0 Å². The van der Waals surface area contributed by atoms with Gasteiger partial charge in [-0.2, -0.15) is 0 Å². The molecule has 1 unspecified atom stereocenters. The number of hydrogen-bond acceptors (Lipinski definition) is 5. The number of piperidine rings is 1. The highest BCUT2D eigenvalue weighted by Gasteiger charge is 2.28. The van der Waals surface area contributed by atoms with Crippen LogP contribution in [0.25, 0.3) is 6.08 Å². The van der Waals surface area contributed by atoms with Crippen molar-refractivity contribution in [1.29, 1.82) is 0 Å². The fourth-order valence-electron chi connectivity index (χ4n) is 3.72. The van der Waals surface area contributed by atoms with Gasteiger partial charge in [-0.3, -0.25) is 9.59 Å². The highest BCUT2D eigenvalue weighted by atomic mass is 35.5. The molecule has 0 spiro atoms. The maximum Gasteiger partial charge on any atom is 0.328 e.